The molecule has 0 spiro atoms. The predicted octanol–water partition coefficient (Wildman–Crippen LogP) is 2.55. The molecule has 1 heterocycles. The molecule has 0 saturated heterocycles. The number of halogens is 1. The van der Waals surface area contributed by atoms with Crippen LogP contribution < -0.4 is 10.0 Å². The Morgan fingerprint density at radius 1 is 1.50 bits per heavy atom. The highest BCUT2D eigenvalue weighted by Crippen LogP contribution is 2.31. The van der Waals surface area contributed by atoms with Gasteiger partial charge in [-0.1, -0.05) is 20.3 Å². The molecule has 1 aromatic rings. The maximum atomic E-state index is 12.1. The van der Waals surface area contributed by atoms with E-state index in [9.17, 15) is 8.42 Å². The third-order valence-corrected chi connectivity index (χ3v) is 6.34. The van der Waals surface area contributed by atoms with E-state index in [1.165, 1.54) is 11.3 Å². The Labute approximate surface area is 121 Å². The maximum Gasteiger partial charge on any atom is 0.242 e. The molecule has 104 valence electrons. The number of hydrogen-bond acceptors (Lipinski definition) is 4. The van der Waals surface area contributed by atoms with Gasteiger partial charge in [-0.2, -0.15) is 0 Å². The molecule has 1 unspecified atom stereocenters. The van der Waals surface area contributed by atoms with Gasteiger partial charge in [0.05, 0.1) is 3.79 Å². The van der Waals surface area contributed by atoms with Gasteiger partial charge < -0.3 is 5.32 Å². The number of nitrogens with one attached hydrogen (secondary N) is 2. The van der Waals surface area contributed by atoms with Crippen molar-refractivity contribution in [2.24, 2.45) is 5.92 Å². The van der Waals surface area contributed by atoms with E-state index < -0.39 is 10.0 Å². The van der Waals surface area contributed by atoms with Crippen molar-refractivity contribution in [3.63, 3.8) is 0 Å². The second-order valence-electron chi connectivity index (χ2n) is 4.25. The molecule has 1 rings (SSSR count). The monoisotopic (exact) mass is 354 g/mol. The molecule has 0 radical (unpaired) electrons. The topological polar surface area (TPSA) is 58.2 Å². The zero-order chi connectivity index (χ0) is 13.8. The average molecular weight is 355 g/mol. The maximum absolute atomic E-state index is 12.1. The summed E-state index contributed by atoms with van der Waals surface area (Å²) in [6, 6.07) is 1.71. The number of sulfonamides is 1. The van der Waals surface area contributed by atoms with Crippen molar-refractivity contribution < 1.29 is 8.42 Å². The Balaban J connectivity index is 2.84. The van der Waals surface area contributed by atoms with E-state index in [1.54, 1.807) is 6.07 Å². The zero-order valence-electron chi connectivity index (χ0n) is 10.8. The van der Waals surface area contributed by atoms with Gasteiger partial charge in [0.25, 0.3) is 0 Å². The molecule has 18 heavy (non-hydrogen) atoms. The van der Waals surface area contributed by atoms with E-state index in [4.69, 9.17) is 0 Å². The van der Waals surface area contributed by atoms with Crippen molar-refractivity contribution in [2.75, 3.05) is 13.6 Å². The summed E-state index contributed by atoms with van der Waals surface area (Å²) in [7, 11) is -1.57. The van der Waals surface area contributed by atoms with Gasteiger partial charge >= 0.3 is 0 Å². The summed E-state index contributed by atoms with van der Waals surface area (Å²) in [6.07, 6.45) is 0.957. The van der Waals surface area contributed by atoms with Gasteiger partial charge in [-0.05, 0) is 35.0 Å². The largest absolute Gasteiger partial charge is 0.315 e. The molecular weight excluding hydrogens is 336 g/mol. The fourth-order valence-electron chi connectivity index (χ4n) is 1.32. The van der Waals surface area contributed by atoms with Crippen LogP contribution in [0.15, 0.2) is 14.7 Å². The first kappa shape index (κ1) is 16.1. The third kappa shape index (κ3) is 4.31. The Kier molecular flexibility index (Phi) is 6.26. The third-order valence-electron chi connectivity index (χ3n) is 2.67. The molecule has 7 heteroatoms. The van der Waals surface area contributed by atoms with Crippen molar-refractivity contribution in [3.05, 3.63) is 14.7 Å². The number of thiophene rings is 1. The fraction of sp³-hybridized carbons (Fsp3) is 0.636. The highest BCUT2D eigenvalue weighted by molar-refractivity contribution is 9.11. The van der Waals surface area contributed by atoms with Crippen LogP contribution >= 0.6 is 27.3 Å². The molecule has 0 amide bonds. The summed E-state index contributed by atoms with van der Waals surface area (Å²) in [5.41, 5.74) is 0. The Morgan fingerprint density at radius 2 is 2.17 bits per heavy atom. The second kappa shape index (κ2) is 7.00. The molecule has 2 N–H and O–H groups in total. The quantitative estimate of drug-likeness (QED) is 0.790. The molecule has 0 saturated carbocycles. The molecule has 0 aliphatic rings. The van der Waals surface area contributed by atoms with Gasteiger partial charge in [0.2, 0.25) is 10.0 Å². The first-order chi connectivity index (χ1) is 8.40. The van der Waals surface area contributed by atoms with Crippen molar-refractivity contribution in [1.82, 2.24) is 10.0 Å². The summed E-state index contributed by atoms with van der Waals surface area (Å²) in [4.78, 5) is 1.33. The van der Waals surface area contributed by atoms with Crippen LogP contribution in [0.2, 0.25) is 0 Å². The Bertz CT molecular complexity index is 485. The summed E-state index contributed by atoms with van der Waals surface area (Å²) >= 11 is 4.76. The first-order valence-electron chi connectivity index (χ1n) is 5.83. The van der Waals surface area contributed by atoms with E-state index in [-0.39, 0.29) is 0 Å². The normalized spacial score (nSPS) is 13.8. The molecule has 0 aliphatic carbocycles. The highest BCUT2D eigenvalue weighted by atomic mass is 79.9. The van der Waals surface area contributed by atoms with Gasteiger partial charge in [-0.25, -0.2) is 13.1 Å². The van der Waals surface area contributed by atoms with Gasteiger partial charge in [-0.3, -0.25) is 0 Å². The molecule has 1 aromatic heterocycles. The summed E-state index contributed by atoms with van der Waals surface area (Å²) in [5, 5.41) is 3.01. The standard InChI is InChI=1S/C11H19BrN2O2S2/c1-4-8(2)6-14-18(15,16)10-5-9(7-13-3)17-11(10)12/h5,8,13-14H,4,6-7H2,1-3H3. The minimum atomic E-state index is -3.41. The molecular formula is C11H19BrN2O2S2. The molecule has 1 atom stereocenters. The number of hydrogen-bond donors (Lipinski definition) is 2. The minimum absolute atomic E-state index is 0.334. The second-order valence-corrected chi connectivity index (χ2v) is 8.44. The van der Waals surface area contributed by atoms with E-state index in [1.807, 2.05) is 20.9 Å². The lowest BCUT2D eigenvalue weighted by atomic mass is 10.1. The summed E-state index contributed by atoms with van der Waals surface area (Å²) in [5.74, 6) is 0.342. The average Bonchev–Trinajstić information content (AvgIpc) is 2.68. The van der Waals surface area contributed by atoms with Crippen molar-refractivity contribution >= 4 is 37.3 Å². The van der Waals surface area contributed by atoms with Crippen LogP contribution in [0, 0.1) is 5.92 Å². The van der Waals surface area contributed by atoms with Crippen molar-refractivity contribution in [3.8, 4) is 0 Å². The molecule has 0 bridgehead atoms. The fourth-order valence-corrected chi connectivity index (χ4v) is 5.17. The molecule has 0 aromatic carbocycles. The highest BCUT2D eigenvalue weighted by Gasteiger charge is 2.20. The van der Waals surface area contributed by atoms with E-state index in [0.29, 0.717) is 27.7 Å². The smallest absolute Gasteiger partial charge is 0.242 e. The van der Waals surface area contributed by atoms with Gasteiger partial charge in [0.1, 0.15) is 4.90 Å². The van der Waals surface area contributed by atoms with Gasteiger partial charge in [0.15, 0.2) is 0 Å². The van der Waals surface area contributed by atoms with E-state index >= 15 is 0 Å². The lowest BCUT2D eigenvalue weighted by Gasteiger charge is -2.10. The number of rotatable bonds is 7. The van der Waals surface area contributed by atoms with Crippen molar-refractivity contribution in [1.29, 1.82) is 0 Å². The lowest BCUT2D eigenvalue weighted by molar-refractivity contribution is 0.528. The predicted molar refractivity (Wildman–Crippen MR) is 79.4 cm³/mol. The molecule has 0 aliphatic heterocycles. The van der Waals surface area contributed by atoms with Crippen LogP contribution in [0.25, 0.3) is 0 Å². The van der Waals surface area contributed by atoms with E-state index in [0.717, 1.165) is 11.3 Å². The van der Waals surface area contributed by atoms with Crippen LogP contribution in [0.4, 0.5) is 0 Å². The first-order valence-corrected chi connectivity index (χ1v) is 8.92. The minimum Gasteiger partial charge on any atom is -0.315 e. The van der Waals surface area contributed by atoms with Crippen LogP contribution in [0.1, 0.15) is 25.1 Å². The lowest BCUT2D eigenvalue weighted by Crippen LogP contribution is -2.28. The van der Waals surface area contributed by atoms with Crippen molar-refractivity contribution in [2.45, 2.75) is 31.7 Å². The van der Waals surface area contributed by atoms with Crippen LogP contribution in [-0.4, -0.2) is 22.0 Å². The summed E-state index contributed by atoms with van der Waals surface area (Å²) < 4.78 is 27.6. The SMILES string of the molecule is CCC(C)CNS(=O)(=O)c1cc(CNC)sc1Br. The van der Waals surface area contributed by atoms with Crippen LogP contribution in [-0.2, 0) is 16.6 Å². The Hall–Kier alpha value is 0.0500. The van der Waals surface area contributed by atoms with Gasteiger partial charge in [-0.15, -0.1) is 11.3 Å². The van der Waals surface area contributed by atoms with Crippen LogP contribution in [0.5, 0.6) is 0 Å². The zero-order valence-corrected chi connectivity index (χ0v) is 14.0. The van der Waals surface area contributed by atoms with Gasteiger partial charge in [0, 0.05) is 18.0 Å². The van der Waals surface area contributed by atoms with Crippen LogP contribution in [0.3, 0.4) is 0 Å². The van der Waals surface area contributed by atoms with E-state index in [2.05, 4.69) is 26.0 Å². The molecule has 4 nitrogen and oxygen atoms in total. The summed E-state index contributed by atoms with van der Waals surface area (Å²) in [6.45, 7) is 5.22. The molecule has 0 fully saturated rings. The Morgan fingerprint density at radius 3 is 2.72 bits per heavy atom.